The standard InChI is InChI=1S/C14H14BrClN2OS/c1-2-17-13-4-3-10(16)6-12(13)14(19)18-7-11-5-9(15)8-20-11/h3-6,8,17H,2,7H2,1H3,(H,18,19). The smallest absolute Gasteiger partial charge is 0.253 e. The van der Waals surface area contributed by atoms with Crippen LogP contribution >= 0.6 is 38.9 Å². The molecule has 0 spiro atoms. The van der Waals surface area contributed by atoms with Crippen LogP contribution in [-0.2, 0) is 6.54 Å². The third-order valence-corrected chi connectivity index (χ3v) is 4.57. The predicted octanol–water partition coefficient (Wildman–Crippen LogP) is 4.53. The Morgan fingerprint density at radius 1 is 1.40 bits per heavy atom. The van der Waals surface area contributed by atoms with Crippen LogP contribution in [0.2, 0.25) is 5.02 Å². The first-order chi connectivity index (χ1) is 9.60. The molecule has 0 unspecified atom stereocenters. The highest BCUT2D eigenvalue weighted by Gasteiger charge is 2.12. The lowest BCUT2D eigenvalue weighted by Gasteiger charge is -2.11. The van der Waals surface area contributed by atoms with Gasteiger partial charge in [-0.1, -0.05) is 11.6 Å². The number of carbonyl (C=O) groups is 1. The van der Waals surface area contributed by atoms with Gasteiger partial charge in [0.05, 0.1) is 12.1 Å². The van der Waals surface area contributed by atoms with Gasteiger partial charge < -0.3 is 10.6 Å². The molecule has 0 radical (unpaired) electrons. The van der Waals surface area contributed by atoms with E-state index in [1.165, 1.54) is 0 Å². The first-order valence-electron chi connectivity index (χ1n) is 6.14. The van der Waals surface area contributed by atoms with Crippen LogP contribution in [0.15, 0.2) is 34.1 Å². The molecule has 0 aliphatic carbocycles. The summed E-state index contributed by atoms with van der Waals surface area (Å²) in [7, 11) is 0. The highest BCUT2D eigenvalue weighted by molar-refractivity contribution is 9.10. The number of anilines is 1. The second kappa shape index (κ2) is 7.11. The highest BCUT2D eigenvalue weighted by Crippen LogP contribution is 2.22. The van der Waals surface area contributed by atoms with E-state index in [4.69, 9.17) is 11.6 Å². The number of hydrogen-bond acceptors (Lipinski definition) is 3. The van der Waals surface area contributed by atoms with E-state index in [0.29, 0.717) is 17.1 Å². The van der Waals surface area contributed by atoms with Crippen molar-refractivity contribution in [1.82, 2.24) is 5.32 Å². The monoisotopic (exact) mass is 372 g/mol. The Morgan fingerprint density at radius 2 is 2.20 bits per heavy atom. The zero-order valence-electron chi connectivity index (χ0n) is 10.9. The van der Waals surface area contributed by atoms with Crippen molar-refractivity contribution in [2.75, 3.05) is 11.9 Å². The van der Waals surface area contributed by atoms with Gasteiger partial charge in [0.25, 0.3) is 5.91 Å². The molecule has 1 heterocycles. The number of nitrogens with one attached hydrogen (secondary N) is 2. The summed E-state index contributed by atoms with van der Waals surface area (Å²) in [5.74, 6) is -0.132. The molecule has 1 aromatic heterocycles. The Labute approximate surface area is 135 Å². The van der Waals surface area contributed by atoms with E-state index in [1.54, 1.807) is 23.5 Å². The van der Waals surface area contributed by atoms with Crippen molar-refractivity contribution < 1.29 is 4.79 Å². The Kier molecular flexibility index (Phi) is 5.46. The summed E-state index contributed by atoms with van der Waals surface area (Å²) in [5.41, 5.74) is 1.36. The molecule has 2 aromatic rings. The average molecular weight is 374 g/mol. The third-order valence-electron chi connectivity index (χ3n) is 2.64. The number of amides is 1. The molecule has 106 valence electrons. The van der Waals surface area contributed by atoms with Gasteiger partial charge in [0, 0.05) is 32.0 Å². The molecule has 1 amide bonds. The van der Waals surface area contributed by atoms with Crippen LogP contribution in [0, 0.1) is 0 Å². The molecule has 2 rings (SSSR count). The van der Waals surface area contributed by atoms with Crippen LogP contribution in [0.4, 0.5) is 5.69 Å². The van der Waals surface area contributed by atoms with E-state index >= 15 is 0 Å². The van der Waals surface area contributed by atoms with Crippen molar-refractivity contribution in [2.24, 2.45) is 0 Å². The molecular formula is C14H14BrClN2OS. The zero-order valence-corrected chi connectivity index (χ0v) is 14.0. The van der Waals surface area contributed by atoms with Crippen molar-refractivity contribution in [3.8, 4) is 0 Å². The quantitative estimate of drug-likeness (QED) is 0.808. The lowest BCUT2D eigenvalue weighted by Crippen LogP contribution is -2.23. The minimum Gasteiger partial charge on any atom is -0.385 e. The van der Waals surface area contributed by atoms with Gasteiger partial charge in [-0.25, -0.2) is 0 Å². The van der Waals surface area contributed by atoms with Crippen LogP contribution in [0.5, 0.6) is 0 Å². The summed E-state index contributed by atoms with van der Waals surface area (Å²) in [4.78, 5) is 13.4. The second-order valence-corrected chi connectivity index (χ2v) is 6.48. The first-order valence-corrected chi connectivity index (χ1v) is 8.19. The number of carbonyl (C=O) groups excluding carboxylic acids is 1. The van der Waals surface area contributed by atoms with Crippen molar-refractivity contribution in [3.05, 3.63) is 49.6 Å². The van der Waals surface area contributed by atoms with Crippen molar-refractivity contribution in [2.45, 2.75) is 13.5 Å². The largest absolute Gasteiger partial charge is 0.385 e. The molecular weight excluding hydrogens is 360 g/mol. The van der Waals surface area contributed by atoms with Crippen LogP contribution in [-0.4, -0.2) is 12.5 Å². The summed E-state index contributed by atoms with van der Waals surface area (Å²) in [6, 6.07) is 7.27. The topological polar surface area (TPSA) is 41.1 Å². The van der Waals surface area contributed by atoms with Gasteiger partial charge in [0.2, 0.25) is 0 Å². The lowest BCUT2D eigenvalue weighted by molar-refractivity contribution is 0.0952. The fourth-order valence-corrected chi connectivity index (χ4v) is 3.32. The number of hydrogen-bond donors (Lipinski definition) is 2. The van der Waals surface area contributed by atoms with Crippen LogP contribution in [0.25, 0.3) is 0 Å². The molecule has 0 saturated heterocycles. The van der Waals surface area contributed by atoms with Crippen molar-refractivity contribution >= 4 is 50.5 Å². The normalized spacial score (nSPS) is 10.3. The van der Waals surface area contributed by atoms with Crippen LogP contribution in [0.3, 0.4) is 0 Å². The van der Waals surface area contributed by atoms with Crippen LogP contribution < -0.4 is 10.6 Å². The zero-order chi connectivity index (χ0) is 14.5. The maximum absolute atomic E-state index is 12.3. The van der Waals surface area contributed by atoms with E-state index in [9.17, 15) is 4.79 Å². The molecule has 3 nitrogen and oxygen atoms in total. The Bertz CT molecular complexity index is 615. The Morgan fingerprint density at radius 3 is 2.85 bits per heavy atom. The predicted molar refractivity (Wildman–Crippen MR) is 88.8 cm³/mol. The first kappa shape index (κ1) is 15.4. The fraction of sp³-hybridized carbons (Fsp3) is 0.214. The van der Waals surface area contributed by atoms with Gasteiger partial charge in [0.15, 0.2) is 0 Å². The van der Waals surface area contributed by atoms with Gasteiger partial charge in [-0.2, -0.15) is 0 Å². The van der Waals surface area contributed by atoms with E-state index < -0.39 is 0 Å². The molecule has 20 heavy (non-hydrogen) atoms. The van der Waals surface area contributed by atoms with E-state index in [2.05, 4.69) is 26.6 Å². The molecule has 0 fully saturated rings. The lowest BCUT2D eigenvalue weighted by atomic mass is 10.1. The van der Waals surface area contributed by atoms with Crippen LogP contribution in [0.1, 0.15) is 22.2 Å². The van der Waals surface area contributed by atoms with Gasteiger partial charge in [-0.05, 0) is 47.1 Å². The molecule has 0 aliphatic rings. The van der Waals surface area contributed by atoms with Gasteiger partial charge in [-0.15, -0.1) is 11.3 Å². The average Bonchev–Trinajstić information content (AvgIpc) is 2.84. The van der Waals surface area contributed by atoms with E-state index in [1.807, 2.05) is 24.4 Å². The summed E-state index contributed by atoms with van der Waals surface area (Å²) in [5, 5.41) is 8.61. The van der Waals surface area contributed by atoms with Gasteiger partial charge in [-0.3, -0.25) is 4.79 Å². The molecule has 1 aromatic carbocycles. The number of rotatable bonds is 5. The molecule has 0 atom stereocenters. The SMILES string of the molecule is CCNc1ccc(Cl)cc1C(=O)NCc1cc(Br)cs1. The minimum atomic E-state index is -0.132. The summed E-state index contributed by atoms with van der Waals surface area (Å²) >= 11 is 11.0. The van der Waals surface area contributed by atoms with Gasteiger partial charge >= 0.3 is 0 Å². The Hall–Kier alpha value is -1.04. The maximum atomic E-state index is 12.3. The van der Waals surface area contributed by atoms with Gasteiger partial charge in [0.1, 0.15) is 0 Å². The number of benzene rings is 1. The summed E-state index contributed by atoms with van der Waals surface area (Å²) < 4.78 is 1.03. The maximum Gasteiger partial charge on any atom is 0.253 e. The number of thiophene rings is 1. The molecule has 6 heteroatoms. The molecule has 0 aliphatic heterocycles. The number of halogens is 2. The fourth-order valence-electron chi connectivity index (χ4n) is 1.76. The minimum absolute atomic E-state index is 0.132. The summed E-state index contributed by atoms with van der Waals surface area (Å²) in [6.07, 6.45) is 0. The summed E-state index contributed by atoms with van der Waals surface area (Å²) in [6.45, 7) is 3.24. The third kappa shape index (κ3) is 3.98. The highest BCUT2D eigenvalue weighted by atomic mass is 79.9. The molecule has 0 bridgehead atoms. The molecule has 0 saturated carbocycles. The second-order valence-electron chi connectivity index (χ2n) is 4.13. The Balaban J connectivity index is 2.09. The van der Waals surface area contributed by atoms with Crippen molar-refractivity contribution in [1.29, 1.82) is 0 Å². The van der Waals surface area contributed by atoms with Crippen molar-refractivity contribution in [3.63, 3.8) is 0 Å². The molecule has 2 N–H and O–H groups in total. The van der Waals surface area contributed by atoms with E-state index in [0.717, 1.165) is 21.6 Å². The van der Waals surface area contributed by atoms with E-state index in [-0.39, 0.29) is 5.91 Å².